The van der Waals surface area contributed by atoms with Crippen molar-refractivity contribution in [3.63, 3.8) is 0 Å². The summed E-state index contributed by atoms with van der Waals surface area (Å²) in [6.45, 7) is 2.09. The zero-order valence-corrected chi connectivity index (χ0v) is 16.4. The van der Waals surface area contributed by atoms with Gasteiger partial charge >= 0.3 is 5.97 Å². The summed E-state index contributed by atoms with van der Waals surface area (Å²) in [5, 5.41) is 9.36. The molecule has 0 radical (unpaired) electrons. The van der Waals surface area contributed by atoms with Crippen molar-refractivity contribution in [2.45, 2.75) is 38.5 Å². The number of benzene rings is 1. The number of hydrogen-bond donors (Lipinski definition) is 1. The summed E-state index contributed by atoms with van der Waals surface area (Å²) in [5.74, 6) is 0.720. The van der Waals surface area contributed by atoms with Gasteiger partial charge in [0.2, 0.25) is 5.91 Å². The number of carbonyl (C=O) groups excluding carboxylic acids is 1. The van der Waals surface area contributed by atoms with Crippen LogP contribution in [0.4, 0.5) is 0 Å². The van der Waals surface area contributed by atoms with E-state index in [2.05, 4.69) is 6.07 Å². The first-order chi connectivity index (χ1) is 13.5. The number of ether oxygens (including phenoxy) is 1. The van der Waals surface area contributed by atoms with E-state index < -0.39 is 5.97 Å². The number of aliphatic carboxylic acids is 1. The van der Waals surface area contributed by atoms with E-state index in [0.29, 0.717) is 19.5 Å². The molecule has 0 spiro atoms. The van der Waals surface area contributed by atoms with Crippen LogP contribution in [0.5, 0.6) is 5.75 Å². The number of methoxy groups -OCH3 is 1. The first-order valence-electron chi connectivity index (χ1n) is 10.3. The van der Waals surface area contributed by atoms with Gasteiger partial charge in [0.25, 0.3) is 0 Å². The number of amides is 1. The highest BCUT2D eigenvalue weighted by atomic mass is 16.5. The molecule has 6 nitrogen and oxygen atoms in total. The van der Waals surface area contributed by atoms with E-state index in [1.807, 2.05) is 17.0 Å². The highest BCUT2D eigenvalue weighted by Gasteiger charge is 2.39. The number of carbonyl (C=O) groups is 2. The van der Waals surface area contributed by atoms with Gasteiger partial charge in [-0.2, -0.15) is 0 Å². The number of rotatable bonds is 6. The molecule has 0 aromatic heterocycles. The van der Waals surface area contributed by atoms with Gasteiger partial charge in [0.05, 0.1) is 7.11 Å². The molecule has 4 rings (SSSR count). The van der Waals surface area contributed by atoms with Crippen molar-refractivity contribution in [1.82, 2.24) is 4.90 Å². The van der Waals surface area contributed by atoms with E-state index >= 15 is 0 Å². The summed E-state index contributed by atoms with van der Waals surface area (Å²) in [6, 6.07) is 6.11. The van der Waals surface area contributed by atoms with Crippen LogP contribution in [0.25, 0.3) is 0 Å². The quantitative estimate of drug-likeness (QED) is 0.818. The molecule has 1 saturated carbocycles. The van der Waals surface area contributed by atoms with E-state index in [1.54, 1.807) is 7.11 Å². The van der Waals surface area contributed by atoms with Crippen molar-refractivity contribution >= 4 is 17.6 Å². The second-order valence-corrected chi connectivity index (χ2v) is 8.27. The molecule has 1 aliphatic carbocycles. The zero-order chi connectivity index (χ0) is 19.7. The van der Waals surface area contributed by atoms with Crippen LogP contribution in [0.15, 0.2) is 23.2 Å². The van der Waals surface area contributed by atoms with Gasteiger partial charge in [0.1, 0.15) is 5.75 Å². The maximum atomic E-state index is 12.6. The standard InChI is InChI=1S/C22H28N2O4/c1-28-18-5-4-14-6-8-23-20(19(14)12-18)10-17-13-24(22(27)15-2-3-15)9-7-16(17)11-21(25)26/h4-5,12,15-17H,2-3,6-11,13H2,1H3,(H,25,26)/t16-,17-/m0/s1. The van der Waals surface area contributed by atoms with Crippen molar-refractivity contribution in [1.29, 1.82) is 0 Å². The van der Waals surface area contributed by atoms with Crippen molar-refractivity contribution in [2.75, 3.05) is 26.7 Å². The zero-order valence-electron chi connectivity index (χ0n) is 16.4. The summed E-state index contributed by atoms with van der Waals surface area (Å²) >= 11 is 0. The van der Waals surface area contributed by atoms with E-state index in [-0.39, 0.29) is 30.1 Å². The van der Waals surface area contributed by atoms with E-state index in [0.717, 1.165) is 49.3 Å². The minimum atomic E-state index is -0.760. The van der Waals surface area contributed by atoms with Gasteiger partial charge in [-0.25, -0.2) is 0 Å². The number of carboxylic acid groups (broad SMARTS) is 1. The van der Waals surface area contributed by atoms with Gasteiger partial charge in [0, 0.05) is 43.2 Å². The van der Waals surface area contributed by atoms with E-state index in [4.69, 9.17) is 9.73 Å². The fraction of sp³-hybridized carbons (Fsp3) is 0.591. The van der Waals surface area contributed by atoms with Crippen LogP contribution in [0.2, 0.25) is 0 Å². The molecule has 1 amide bonds. The smallest absolute Gasteiger partial charge is 0.303 e. The van der Waals surface area contributed by atoms with Crippen LogP contribution >= 0.6 is 0 Å². The number of hydrogen-bond acceptors (Lipinski definition) is 4. The Balaban J connectivity index is 1.55. The molecule has 2 heterocycles. The van der Waals surface area contributed by atoms with Gasteiger partial charge in [-0.3, -0.25) is 14.6 Å². The fourth-order valence-corrected chi connectivity index (χ4v) is 4.58. The topological polar surface area (TPSA) is 79.2 Å². The molecule has 1 N–H and O–H groups in total. The molecule has 0 bridgehead atoms. The molecule has 1 aromatic rings. The molecule has 6 heteroatoms. The first-order valence-corrected chi connectivity index (χ1v) is 10.3. The number of piperidine rings is 1. The molecule has 3 aliphatic rings. The Kier molecular flexibility index (Phi) is 5.38. The monoisotopic (exact) mass is 384 g/mol. The van der Waals surface area contributed by atoms with Crippen LogP contribution in [0.1, 0.15) is 43.2 Å². The molecule has 150 valence electrons. The summed E-state index contributed by atoms with van der Waals surface area (Å²) in [5.41, 5.74) is 3.41. The van der Waals surface area contributed by atoms with Crippen LogP contribution in [0.3, 0.4) is 0 Å². The summed E-state index contributed by atoms with van der Waals surface area (Å²) < 4.78 is 5.39. The average Bonchev–Trinajstić information content (AvgIpc) is 3.53. The Hall–Kier alpha value is -2.37. The number of carboxylic acids is 1. The van der Waals surface area contributed by atoms with Crippen LogP contribution in [-0.2, 0) is 16.0 Å². The Morgan fingerprint density at radius 1 is 1.25 bits per heavy atom. The average molecular weight is 384 g/mol. The van der Waals surface area contributed by atoms with Gasteiger partial charge < -0.3 is 14.7 Å². The van der Waals surface area contributed by atoms with Crippen molar-refractivity contribution in [3.05, 3.63) is 29.3 Å². The number of nitrogens with zero attached hydrogens (tertiary/aromatic N) is 2. The third-order valence-electron chi connectivity index (χ3n) is 6.33. The molecule has 1 aromatic carbocycles. The molecule has 1 saturated heterocycles. The van der Waals surface area contributed by atoms with Gasteiger partial charge in [-0.05, 0) is 61.6 Å². The van der Waals surface area contributed by atoms with E-state index in [1.165, 1.54) is 5.56 Å². The lowest BCUT2D eigenvalue weighted by Gasteiger charge is -2.39. The largest absolute Gasteiger partial charge is 0.497 e. The number of aliphatic imine (C=N–C) groups is 1. The van der Waals surface area contributed by atoms with Gasteiger partial charge in [-0.15, -0.1) is 0 Å². The molecule has 2 aliphatic heterocycles. The lowest BCUT2D eigenvalue weighted by molar-refractivity contribution is -0.140. The molecule has 2 fully saturated rings. The lowest BCUT2D eigenvalue weighted by atomic mass is 9.78. The Bertz CT molecular complexity index is 800. The highest BCUT2D eigenvalue weighted by molar-refractivity contribution is 6.03. The summed E-state index contributed by atoms with van der Waals surface area (Å²) in [6.07, 6.45) is 4.55. The second-order valence-electron chi connectivity index (χ2n) is 8.27. The van der Waals surface area contributed by atoms with Gasteiger partial charge in [0.15, 0.2) is 0 Å². The Labute approximate surface area is 165 Å². The molecular formula is C22H28N2O4. The molecule has 0 unspecified atom stereocenters. The third kappa shape index (κ3) is 4.05. The maximum absolute atomic E-state index is 12.6. The van der Waals surface area contributed by atoms with Crippen molar-refractivity contribution in [3.8, 4) is 5.75 Å². The molecular weight excluding hydrogens is 356 g/mol. The van der Waals surface area contributed by atoms with Gasteiger partial charge in [-0.1, -0.05) is 6.07 Å². The predicted octanol–water partition coefficient (Wildman–Crippen LogP) is 2.78. The van der Waals surface area contributed by atoms with Crippen LogP contribution < -0.4 is 4.74 Å². The fourth-order valence-electron chi connectivity index (χ4n) is 4.58. The molecule has 28 heavy (non-hydrogen) atoms. The molecule has 2 atom stereocenters. The minimum absolute atomic E-state index is 0.0828. The second kappa shape index (κ2) is 7.94. The predicted molar refractivity (Wildman–Crippen MR) is 106 cm³/mol. The summed E-state index contributed by atoms with van der Waals surface area (Å²) in [7, 11) is 1.66. The Morgan fingerprint density at radius 3 is 2.79 bits per heavy atom. The Morgan fingerprint density at radius 2 is 2.07 bits per heavy atom. The first kappa shape index (κ1) is 19.0. The van der Waals surface area contributed by atoms with E-state index in [9.17, 15) is 14.7 Å². The number of likely N-dealkylation sites (tertiary alicyclic amines) is 1. The number of fused-ring (bicyclic) bond motifs is 1. The van der Waals surface area contributed by atoms with Crippen molar-refractivity contribution in [2.24, 2.45) is 22.7 Å². The maximum Gasteiger partial charge on any atom is 0.303 e. The normalized spacial score (nSPS) is 24.3. The van der Waals surface area contributed by atoms with Crippen LogP contribution in [-0.4, -0.2) is 54.3 Å². The lowest BCUT2D eigenvalue weighted by Crippen LogP contribution is -2.45. The highest BCUT2D eigenvalue weighted by Crippen LogP contribution is 2.36. The van der Waals surface area contributed by atoms with Crippen LogP contribution in [0, 0.1) is 17.8 Å². The van der Waals surface area contributed by atoms with Crippen molar-refractivity contribution < 1.29 is 19.4 Å². The summed E-state index contributed by atoms with van der Waals surface area (Å²) in [4.78, 5) is 30.7. The minimum Gasteiger partial charge on any atom is -0.497 e. The SMILES string of the molecule is COc1ccc2c(c1)C(C[C@H]1CN(C(=O)C3CC3)CC[C@H]1CC(=O)O)=NCC2. The third-order valence-corrected chi connectivity index (χ3v) is 6.33.